The third kappa shape index (κ3) is 19.3. The van der Waals surface area contributed by atoms with E-state index in [9.17, 15) is 0 Å². The molecule has 1 fully saturated rings. The third-order valence-corrected chi connectivity index (χ3v) is 0.204. The van der Waals surface area contributed by atoms with Crippen LogP contribution in [0.5, 0.6) is 0 Å². The average Bonchev–Trinajstić information content (AvgIpc) is 2.19. The SMILES string of the molecule is C1CO1.[Na+].[O-][SiH3]. The minimum Gasteiger partial charge on any atom is -0.865 e. The summed E-state index contributed by atoms with van der Waals surface area (Å²) in [5.74, 6) is 0. The first-order chi connectivity index (χ1) is 2.50. The molecule has 0 spiro atoms. The first-order valence-electron chi connectivity index (χ1n) is 1.49. The van der Waals surface area contributed by atoms with Crippen molar-refractivity contribution in [2.45, 2.75) is 0 Å². The second-order valence-corrected chi connectivity index (χ2v) is 0.612. The van der Waals surface area contributed by atoms with Gasteiger partial charge in [0.1, 0.15) is 0 Å². The molecular formula is C2H7NaO2Si. The Kier molecular flexibility index (Phi) is 16.1. The van der Waals surface area contributed by atoms with E-state index in [1.54, 1.807) is 0 Å². The van der Waals surface area contributed by atoms with Crippen molar-refractivity contribution in [1.82, 2.24) is 0 Å². The maximum atomic E-state index is 8.39. The van der Waals surface area contributed by atoms with E-state index in [1.165, 1.54) is 0 Å². The molecule has 0 unspecified atom stereocenters. The van der Waals surface area contributed by atoms with Crippen LogP contribution >= 0.6 is 0 Å². The maximum Gasteiger partial charge on any atom is 1.00 e. The van der Waals surface area contributed by atoms with Crippen LogP contribution in [-0.4, -0.2) is 23.7 Å². The molecule has 0 aromatic heterocycles. The first kappa shape index (κ1) is 10.2. The maximum absolute atomic E-state index is 8.39. The van der Waals surface area contributed by atoms with Crippen molar-refractivity contribution in [3.05, 3.63) is 0 Å². The van der Waals surface area contributed by atoms with Crippen LogP contribution in [0.4, 0.5) is 0 Å². The summed E-state index contributed by atoms with van der Waals surface area (Å²) < 4.78 is 4.50. The van der Waals surface area contributed by atoms with Crippen molar-refractivity contribution in [2.24, 2.45) is 0 Å². The monoisotopic (exact) mass is 114 g/mol. The molecule has 4 heteroatoms. The fourth-order valence-electron chi connectivity index (χ4n) is 0. The van der Waals surface area contributed by atoms with Crippen molar-refractivity contribution in [3.8, 4) is 0 Å². The Hall–Kier alpha value is 1.14. The second-order valence-electron chi connectivity index (χ2n) is 0.612. The van der Waals surface area contributed by atoms with Gasteiger partial charge in [-0.05, 0) is 0 Å². The minimum absolute atomic E-state index is 0. The Labute approximate surface area is 62.7 Å². The molecule has 0 bridgehead atoms. The summed E-state index contributed by atoms with van der Waals surface area (Å²) >= 11 is 0. The van der Waals surface area contributed by atoms with Gasteiger partial charge in [-0.25, -0.2) is 0 Å². The van der Waals surface area contributed by atoms with Crippen molar-refractivity contribution in [1.29, 1.82) is 0 Å². The summed E-state index contributed by atoms with van der Waals surface area (Å²) in [6, 6.07) is 0. The smallest absolute Gasteiger partial charge is 0.865 e. The van der Waals surface area contributed by atoms with Gasteiger partial charge in [-0.15, -0.1) is 0 Å². The predicted octanol–water partition coefficient (Wildman–Crippen LogP) is -5.35. The van der Waals surface area contributed by atoms with Crippen LogP contribution in [0.15, 0.2) is 0 Å². The molecule has 1 aliphatic heterocycles. The number of epoxide rings is 1. The molecule has 6 heavy (non-hydrogen) atoms. The Morgan fingerprint density at radius 2 is 1.50 bits per heavy atom. The molecule has 0 radical (unpaired) electrons. The molecule has 32 valence electrons. The molecule has 0 N–H and O–H groups in total. The second kappa shape index (κ2) is 9.46. The van der Waals surface area contributed by atoms with Gasteiger partial charge in [-0.1, -0.05) is 10.5 Å². The quantitative estimate of drug-likeness (QED) is 0.233. The molecule has 1 aliphatic rings. The summed E-state index contributed by atoms with van der Waals surface area (Å²) in [6.07, 6.45) is 0. The van der Waals surface area contributed by atoms with Crippen LogP contribution in [0.25, 0.3) is 0 Å². The molecule has 0 amide bonds. The predicted molar refractivity (Wildman–Crippen MR) is 20.8 cm³/mol. The van der Waals surface area contributed by atoms with Gasteiger partial charge in [0.05, 0.1) is 13.2 Å². The number of hydrogen-bond acceptors (Lipinski definition) is 2. The van der Waals surface area contributed by atoms with Crippen molar-refractivity contribution < 1.29 is 39.1 Å². The third-order valence-electron chi connectivity index (χ3n) is 0.204. The minimum atomic E-state index is 0. The molecule has 0 saturated carbocycles. The Morgan fingerprint density at radius 1 is 1.33 bits per heavy atom. The van der Waals surface area contributed by atoms with Crippen molar-refractivity contribution >= 4 is 10.5 Å². The summed E-state index contributed by atoms with van der Waals surface area (Å²) in [5, 5.41) is 0. The van der Waals surface area contributed by atoms with Crippen LogP contribution in [0.2, 0.25) is 0 Å². The van der Waals surface area contributed by atoms with Crippen LogP contribution in [0, 0.1) is 0 Å². The van der Waals surface area contributed by atoms with Gasteiger partial charge in [0, 0.05) is 0 Å². The van der Waals surface area contributed by atoms with Crippen LogP contribution in [-0.2, 0) is 4.74 Å². The van der Waals surface area contributed by atoms with Crippen molar-refractivity contribution in [3.63, 3.8) is 0 Å². The summed E-state index contributed by atoms with van der Waals surface area (Å²) in [6.45, 7) is 2.00. The topological polar surface area (TPSA) is 35.6 Å². The van der Waals surface area contributed by atoms with E-state index in [1.807, 2.05) is 0 Å². The summed E-state index contributed by atoms with van der Waals surface area (Å²) in [4.78, 5) is 8.39. The van der Waals surface area contributed by atoms with Gasteiger partial charge in [-0.2, -0.15) is 0 Å². The van der Waals surface area contributed by atoms with Gasteiger partial charge in [0.2, 0.25) is 0 Å². The van der Waals surface area contributed by atoms with Gasteiger partial charge < -0.3 is 9.53 Å². The van der Waals surface area contributed by atoms with E-state index in [-0.39, 0.29) is 40.0 Å². The molecule has 1 heterocycles. The Morgan fingerprint density at radius 3 is 1.50 bits per heavy atom. The van der Waals surface area contributed by atoms with E-state index in [0.29, 0.717) is 0 Å². The summed E-state index contributed by atoms with van der Waals surface area (Å²) in [5.41, 5.74) is 0. The van der Waals surface area contributed by atoms with Gasteiger partial charge in [0.15, 0.2) is 0 Å². The number of rotatable bonds is 0. The molecule has 2 nitrogen and oxygen atoms in total. The normalized spacial score (nSPS) is 13.5. The van der Waals surface area contributed by atoms with E-state index >= 15 is 0 Å². The first-order valence-corrected chi connectivity index (χ1v) is 2.30. The van der Waals surface area contributed by atoms with Crippen LogP contribution in [0.1, 0.15) is 0 Å². The van der Waals surface area contributed by atoms with Gasteiger partial charge in [0.25, 0.3) is 0 Å². The van der Waals surface area contributed by atoms with Crippen molar-refractivity contribution in [2.75, 3.05) is 13.2 Å². The van der Waals surface area contributed by atoms with Crippen LogP contribution in [0.3, 0.4) is 0 Å². The molecule has 0 aliphatic carbocycles. The summed E-state index contributed by atoms with van der Waals surface area (Å²) in [7, 11) is 0.0556. The average molecular weight is 114 g/mol. The fraction of sp³-hybridized carbons (Fsp3) is 1.00. The molecular weight excluding hydrogens is 107 g/mol. The standard InChI is InChI=1S/C2H4O.Na.H3OSi/c1-2-3-1;;1-2/h1-2H2;;2H3/q;+1;-1. The van der Waals surface area contributed by atoms with Gasteiger partial charge in [-0.3, -0.25) is 0 Å². The van der Waals surface area contributed by atoms with E-state index in [0.717, 1.165) is 13.2 Å². The van der Waals surface area contributed by atoms with Gasteiger partial charge >= 0.3 is 29.6 Å². The molecule has 1 rings (SSSR count). The Balaban J connectivity index is 0. The zero-order valence-electron chi connectivity index (χ0n) is 4.23. The van der Waals surface area contributed by atoms with E-state index in [4.69, 9.17) is 4.80 Å². The zero-order chi connectivity index (χ0) is 4.12. The largest absolute Gasteiger partial charge is 1.00 e. The molecule has 0 atom stereocenters. The zero-order valence-corrected chi connectivity index (χ0v) is 8.23. The fourth-order valence-corrected chi connectivity index (χ4v) is 0. The molecule has 1 saturated heterocycles. The number of hydrogen-bond donors (Lipinski definition) is 0. The van der Waals surface area contributed by atoms with E-state index < -0.39 is 0 Å². The van der Waals surface area contributed by atoms with Crippen LogP contribution < -0.4 is 34.4 Å². The van der Waals surface area contributed by atoms with E-state index in [2.05, 4.69) is 4.74 Å². The number of ether oxygens (including phenoxy) is 1. The molecule has 0 aromatic carbocycles. The molecule has 0 aromatic rings. The Bertz CT molecular complexity index is 16.3.